The van der Waals surface area contributed by atoms with Crippen LogP contribution in [-0.4, -0.2) is 39.1 Å². The van der Waals surface area contributed by atoms with Gasteiger partial charge in [-0.05, 0) is 39.2 Å². The van der Waals surface area contributed by atoms with E-state index in [0.717, 1.165) is 34.6 Å². The van der Waals surface area contributed by atoms with E-state index in [1.165, 1.54) is 29.7 Å². The van der Waals surface area contributed by atoms with E-state index in [9.17, 15) is 4.79 Å². The number of hydrogen-bond acceptors (Lipinski definition) is 5. The number of nitrogens with zero attached hydrogens (tertiary/aromatic N) is 3. The molecule has 0 unspecified atom stereocenters. The summed E-state index contributed by atoms with van der Waals surface area (Å²) in [4.78, 5) is 25.9. The van der Waals surface area contributed by atoms with Gasteiger partial charge >= 0.3 is 0 Å². The molecule has 0 aliphatic heterocycles. The largest absolute Gasteiger partial charge is 0.339 e. The average molecular weight is 364 g/mol. The molecule has 0 aromatic carbocycles. The van der Waals surface area contributed by atoms with E-state index < -0.39 is 0 Å². The molecule has 1 amide bonds. The maximum Gasteiger partial charge on any atom is 0.233 e. The Morgan fingerprint density at radius 2 is 2.04 bits per heavy atom. The van der Waals surface area contributed by atoms with Crippen LogP contribution in [0.25, 0.3) is 10.2 Å². The molecule has 130 valence electrons. The monoisotopic (exact) mass is 363 g/mol. The summed E-state index contributed by atoms with van der Waals surface area (Å²) in [5.74, 6) is 0.705. The Kier molecular flexibility index (Phi) is 5.76. The molecule has 24 heavy (non-hydrogen) atoms. The van der Waals surface area contributed by atoms with Crippen LogP contribution in [0, 0.1) is 13.8 Å². The Labute approximate surface area is 152 Å². The zero-order valence-electron chi connectivity index (χ0n) is 14.7. The minimum Gasteiger partial charge on any atom is -0.339 e. The Balaban J connectivity index is 1.71. The minimum absolute atomic E-state index is 0.241. The fourth-order valence-corrected chi connectivity index (χ4v) is 5.51. The molecule has 4 nitrogen and oxygen atoms in total. The molecule has 0 atom stereocenters. The summed E-state index contributed by atoms with van der Waals surface area (Å²) in [6, 6.07) is 0.437. The Hall–Kier alpha value is -1.14. The van der Waals surface area contributed by atoms with Crippen LogP contribution < -0.4 is 0 Å². The third kappa shape index (κ3) is 3.59. The maximum absolute atomic E-state index is 12.7. The second-order valence-corrected chi connectivity index (χ2v) is 8.57. The molecule has 0 saturated heterocycles. The van der Waals surface area contributed by atoms with Gasteiger partial charge in [0.2, 0.25) is 5.91 Å². The predicted octanol–water partition coefficient (Wildman–Crippen LogP) is 4.58. The third-order valence-corrected chi connectivity index (χ3v) is 7.03. The molecule has 2 heterocycles. The number of fused-ring (bicyclic) bond motifs is 1. The second kappa shape index (κ2) is 7.83. The van der Waals surface area contributed by atoms with E-state index in [1.54, 1.807) is 29.4 Å². The minimum atomic E-state index is 0.241. The van der Waals surface area contributed by atoms with Crippen LogP contribution in [0.2, 0.25) is 0 Å². The number of thioether (sulfide) groups is 1. The van der Waals surface area contributed by atoms with Gasteiger partial charge in [0, 0.05) is 22.8 Å². The zero-order valence-corrected chi connectivity index (χ0v) is 16.3. The van der Waals surface area contributed by atoms with Crippen molar-refractivity contribution in [3.05, 3.63) is 16.8 Å². The van der Waals surface area contributed by atoms with Crippen LogP contribution in [0.5, 0.6) is 0 Å². The number of aryl methyl sites for hydroxylation is 2. The van der Waals surface area contributed by atoms with Crippen molar-refractivity contribution in [1.29, 1.82) is 0 Å². The molecule has 3 rings (SSSR count). The first-order valence-corrected chi connectivity index (χ1v) is 10.5. The first kappa shape index (κ1) is 17.7. The maximum atomic E-state index is 12.7. The summed E-state index contributed by atoms with van der Waals surface area (Å²) in [6.45, 7) is 7.12. The van der Waals surface area contributed by atoms with Gasteiger partial charge in [-0.2, -0.15) is 0 Å². The molecule has 0 bridgehead atoms. The highest BCUT2D eigenvalue weighted by atomic mass is 32.2. The van der Waals surface area contributed by atoms with Crippen molar-refractivity contribution in [2.24, 2.45) is 0 Å². The topological polar surface area (TPSA) is 46.1 Å². The first-order valence-electron chi connectivity index (χ1n) is 8.74. The summed E-state index contributed by atoms with van der Waals surface area (Å²) in [6.07, 6.45) is 7.74. The lowest BCUT2D eigenvalue weighted by molar-refractivity contribution is -0.131. The van der Waals surface area contributed by atoms with Crippen molar-refractivity contribution in [2.45, 2.75) is 63.9 Å². The van der Waals surface area contributed by atoms with E-state index in [1.807, 2.05) is 0 Å². The Morgan fingerprint density at radius 3 is 2.75 bits per heavy atom. The summed E-state index contributed by atoms with van der Waals surface area (Å²) in [5.41, 5.74) is 1.24. The summed E-state index contributed by atoms with van der Waals surface area (Å²) >= 11 is 3.26. The summed E-state index contributed by atoms with van der Waals surface area (Å²) in [7, 11) is 0. The van der Waals surface area contributed by atoms with Gasteiger partial charge in [0.15, 0.2) is 0 Å². The lowest BCUT2D eigenvalue weighted by atomic mass is 9.94. The standard InChI is InChI=1S/C18H25N3OS2/c1-4-21(14-8-6-5-7-9-14)15(22)10-23-17-16-12(2)13(3)24-18(16)20-11-19-17/h11,14H,4-10H2,1-3H3. The molecule has 1 fully saturated rings. The average Bonchev–Trinajstić information content (AvgIpc) is 2.89. The lowest BCUT2D eigenvalue weighted by Gasteiger charge is -2.33. The van der Waals surface area contributed by atoms with E-state index in [2.05, 4.69) is 35.6 Å². The Morgan fingerprint density at radius 1 is 1.29 bits per heavy atom. The van der Waals surface area contributed by atoms with Crippen LogP contribution >= 0.6 is 23.1 Å². The van der Waals surface area contributed by atoms with Gasteiger partial charge in [0.05, 0.1) is 5.75 Å². The van der Waals surface area contributed by atoms with Gasteiger partial charge in [-0.3, -0.25) is 4.79 Å². The highest BCUT2D eigenvalue weighted by molar-refractivity contribution is 8.00. The molecule has 0 radical (unpaired) electrons. The molecule has 2 aromatic rings. The number of hydrogen-bond donors (Lipinski definition) is 0. The second-order valence-electron chi connectivity index (χ2n) is 6.40. The fraction of sp³-hybridized carbons (Fsp3) is 0.611. The molecule has 0 spiro atoms. The van der Waals surface area contributed by atoms with Gasteiger partial charge in [-0.15, -0.1) is 11.3 Å². The zero-order chi connectivity index (χ0) is 17.1. The number of amides is 1. The van der Waals surface area contributed by atoms with Crippen molar-refractivity contribution in [2.75, 3.05) is 12.3 Å². The summed E-state index contributed by atoms with van der Waals surface area (Å²) in [5, 5.41) is 2.06. The van der Waals surface area contributed by atoms with Crippen molar-refractivity contribution < 1.29 is 4.79 Å². The van der Waals surface area contributed by atoms with E-state index in [4.69, 9.17) is 0 Å². The number of carbonyl (C=O) groups is 1. The van der Waals surface area contributed by atoms with Gasteiger partial charge < -0.3 is 4.90 Å². The summed E-state index contributed by atoms with van der Waals surface area (Å²) < 4.78 is 0. The molecule has 0 N–H and O–H groups in total. The van der Waals surface area contributed by atoms with Crippen molar-refractivity contribution in [3.8, 4) is 0 Å². The molecular formula is C18H25N3OS2. The smallest absolute Gasteiger partial charge is 0.233 e. The van der Waals surface area contributed by atoms with Gasteiger partial charge in [-0.1, -0.05) is 31.0 Å². The third-order valence-electron chi connectivity index (χ3n) is 4.94. The highest BCUT2D eigenvalue weighted by Gasteiger charge is 2.24. The van der Waals surface area contributed by atoms with Gasteiger partial charge in [0.25, 0.3) is 0 Å². The van der Waals surface area contributed by atoms with Crippen LogP contribution in [0.15, 0.2) is 11.4 Å². The SMILES string of the molecule is CCN(C(=O)CSc1ncnc2sc(C)c(C)c12)C1CCCCC1. The van der Waals surface area contributed by atoms with E-state index >= 15 is 0 Å². The van der Waals surface area contributed by atoms with Crippen molar-refractivity contribution in [3.63, 3.8) is 0 Å². The molecular weight excluding hydrogens is 338 g/mol. The Bertz CT molecular complexity index is 722. The molecule has 1 aliphatic rings. The van der Waals surface area contributed by atoms with E-state index in [0.29, 0.717) is 11.8 Å². The van der Waals surface area contributed by atoms with Crippen molar-refractivity contribution >= 4 is 39.2 Å². The fourth-order valence-electron chi connectivity index (χ4n) is 3.50. The quantitative estimate of drug-likeness (QED) is 0.576. The van der Waals surface area contributed by atoms with Crippen LogP contribution in [0.1, 0.15) is 49.5 Å². The number of aromatic nitrogens is 2. The van der Waals surface area contributed by atoms with Crippen LogP contribution in [0.4, 0.5) is 0 Å². The number of thiophene rings is 1. The normalized spacial score (nSPS) is 15.8. The van der Waals surface area contributed by atoms with Crippen LogP contribution in [0.3, 0.4) is 0 Å². The lowest BCUT2D eigenvalue weighted by Crippen LogP contribution is -2.42. The van der Waals surface area contributed by atoms with Gasteiger partial charge in [0.1, 0.15) is 16.2 Å². The number of rotatable bonds is 5. The van der Waals surface area contributed by atoms with Crippen molar-refractivity contribution in [1.82, 2.24) is 14.9 Å². The first-order chi connectivity index (χ1) is 11.6. The molecule has 1 aliphatic carbocycles. The number of carbonyl (C=O) groups excluding carboxylic acids is 1. The molecule has 6 heteroatoms. The predicted molar refractivity (Wildman–Crippen MR) is 102 cm³/mol. The molecule has 1 saturated carbocycles. The van der Waals surface area contributed by atoms with E-state index in [-0.39, 0.29) is 5.91 Å². The van der Waals surface area contributed by atoms with Gasteiger partial charge in [-0.25, -0.2) is 9.97 Å². The highest BCUT2D eigenvalue weighted by Crippen LogP contribution is 2.34. The molecule has 2 aromatic heterocycles. The van der Waals surface area contributed by atoms with Crippen LogP contribution in [-0.2, 0) is 4.79 Å².